The fourth-order valence-electron chi connectivity index (χ4n) is 5.23. The maximum atomic E-state index is 13.4. The minimum atomic E-state index is -3.57. The molecule has 0 radical (unpaired) electrons. The Labute approximate surface area is 206 Å². The average molecular weight is 491 g/mol. The van der Waals surface area contributed by atoms with Crippen LogP contribution in [0.5, 0.6) is 0 Å². The average Bonchev–Trinajstić information content (AvgIpc) is 2.88. The van der Waals surface area contributed by atoms with Crippen LogP contribution in [0.15, 0.2) is 41.6 Å². The van der Waals surface area contributed by atoms with E-state index in [0.29, 0.717) is 29.5 Å². The highest BCUT2D eigenvalue weighted by atomic mass is 32.2. The standard InChI is InChI=1S/C26H30N6O2S/c1-18-11-20(14-27)12-24-25(18)29-17-30-26(24)32-10-7-21-3-4-23(13-22(21)16-32)35(33,34)31(2)15-19-5-8-28-9-6-19/h3-4,11-13,17,19,28H,5-10,15-16H2,1-2H3. The lowest BCUT2D eigenvalue weighted by atomic mass is 9.98. The first-order chi connectivity index (χ1) is 16.9. The summed E-state index contributed by atoms with van der Waals surface area (Å²) in [7, 11) is -1.88. The summed E-state index contributed by atoms with van der Waals surface area (Å²) >= 11 is 0. The monoisotopic (exact) mass is 490 g/mol. The number of hydrogen-bond donors (Lipinski definition) is 1. The van der Waals surface area contributed by atoms with E-state index in [9.17, 15) is 13.7 Å². The second-order valence-electron chi connectivity index (χ2n) is 9.58. The zero-order valence-corrected chi connectivity index (χ0v) is 21.0. The second-order valence-corrected chi connectivity index (χ2v) is 11.6. The number of anilines is 1. The second kappa shape index (κ2) is 9.53. The van der Waals surface area contributed by atoms with Gasteiger partial charge in [0.1, 0.15) is 12.1 Å². The van der Waals surface area contributed by atoms with Gasteiger partial charge in [-0.1, -0.05) is 6.07 Å². The largest absolute Gasteiger partial charge is 0.351 e. The number of benzene rings is 2. The third kappa shape index (κ3) is 4.61. The van der Waals surface area contributed by atoms with E-state index in [1.165, 1.54) is 4.31 Å². The number of hydrogen-bond acceptors (Lipinski definition) is 7. The quantitative estimate of drug-likeness (QED) is 0.587. The van der Waals surface area contributed by atoms with E-state index in [1.807, 2.05) is 31.2 Å². The smallest absolute Gasteiger partial charge is 0.242 e. The van der Waals surface area contributed by atoms with Gasteiger partial charge in [-0.05, 0) is 86.1 Å². The molecule has 1 N–H and O–H groups in total. The van der Waals surface area contributed by atoms with Crippen molar-refractivity contribution in [3.05, 3.63) is 58.9 Å². The lowest BCUT2D eigenvalue weighted by Gasteiger charge is -2.31. The van der Waals surface area contributed by atoms with Crippen LogP contribution in [0.3, 0.4) is 0 Å². The van der Waals surface area contributed by atoms with E-state index < -0.39 is 10.0 Å². The van der Waals surface area contributed by atoms with Crippen LogP contribution in [0.2, 0.25) is 0 Å². The van der Waals surface area contributed by atoms with E-state index in [0.717, 1.165) is 72.3 Å². The lowest BCUT2D eigenvalue weighted by molar-refractivity contribution is 0.311. The van der Waals surface area contributed by atoms with E-state index >= 15 is 0 Å². The summed E-state index contributed by atoms with van der Waals surface area (Å²) in [6, 6.07) is 11.4. The molecule has 1 aromatic heterocycles. The molecule has 2 aliphatic heterocycles. The summed E-state index contributed by atoms with van der Waals surface area (Å²) in [6.07, 6.45) is 4.35. The SMILES string of the molecule is Cc1cc(C#N)cc2c(N3CCc4ccc(S(=O)(=O)N(C)CC5CCNCC5)cc4C3)ncnc12. The molecule has 0 atom stereocenters. The van der Waals surface area contributed by atoms with E-state index in [-0.39, 0.29) is 0 Å². The molecule has 2 aromatic carbocycles. The molecule has 1 saturated heterocycles. The molecule has 0 unspecified atom stereocenters. The highest BCUT2D eigenvalue weighted by molar-refractivity contribution is 7.89. The topological polar surface area (TPSA) is 102 Å². The minimum absolute atomic E-state index is 0.338. The number of nitrogens with one attached hydrogen (secondary N) is 1. The summed E-state index contributed by atoms with van der Waals surface area (Å²) in [5.74, 6) is 1.16. The van der Waals surface area contributed by atoms with Crippen molar-refractivity contribution in [2.75, 3.05) is 38.1 Å². The fraction of sp³-hybridized carbons (Fsp3) is 0.423. The molecule has 0 saturated carbocycles. The number of fused-ring (bicyclic) bond motifs is 2. The Morgan fingerprint density at radius 2 is 1.97 bits per heavy atom. The van der Waals surface area contributed by atoms with Gasteiger partial charge in [0.25, 0.3) is 0 Å². The number of nitriles is 1. The van der Waals surface area contributed by atoms with Crippen molar-refractivity contribution < 1.29 is 8.42 Å². The predicted molar refractivity (Wildman–Crippen MR) is 136 cm³/mol. The molecule has 1 fully saturated rings. The van der Waals surface area contributed by atoms with Crippen LogP contribution in [0.1, 0.15) is 35.1 Å². The molecule has 5 rings (SSSR count). The molecule has 0 spiro atoms. The summed E-state index contributed by atoms with van der Waals surface area (Å²) in [4.78, 5) is 11.5. The molecular weight excluding hydrogens is 460 g/mol. The molecular formula is C26H30N6O2S. The van der Waals surface area contributed by atoms with Crippen molar-refractivity contribution in [1.82, 2.24) is 19.6 Å². The van der Waals surface area contributed by atoms with E-state index in [2.05, 4.69) is 26.3 Å². The highest BCUT2D eigenvalue weighted by Crippen LogP contribution is 2.31. The van der Waals surface area contributed by atoms with Crippen LogP contribution in [-0.2, 0) is 23.0 Å². The Morgan fingerprint density at radius 3 is 2.74 bits per heavy atom. The zero-order chi connectivity index (χ0) is 24.6. The normalized spacial score (nSPS) is 16.9. The van der Waals surface area contributed by atoms with Crippen molar-refractivity contribution in [3.63, 3.8) is 0 Å². The maximum Gasteiger partial charge on any atom is 0.242 e. The van der Waals surface area contributed by atoms with Crippen LogP contribution < -0.4 is 10.2 Å². The Morgan fingerprint density at radius 1 is 1.17 bits per heavy atom. The highest BCUT2D eigenvalue weighted by Gasteiger charge is 2.27. The number of nitrogens with zero attached hydrogens (tertiary/aromatic N) is 5. The van der Waals surface area contributed by atoms with Gasteiger partial charge in [-0.2, -0.15) is 5.26 Å². The van der Waals surface area contributed by atoms with Crippen LogP contribution in [-0.4, -0.2) is 55.9 Å². The number of aromatic nitrogens is 2. The molecule has 0 aliphatic carbocycles. The number of piperidine rings is 1. The molecule has 2 aliphatic rings. The number of aryl methyl sites for hydroxylation is 1. The molecule has 0 bridgehead atoms. The molecule has 8 nitrogen and oxygen atoms in total. The third-order valence-corrected chi connectivity index (χ3v) is 9.03. The van der Waals surface area contributed by atoms with Gasteiger partial charge in [-0.15, -0.1) is 0 Å². The molecule has 35 heavy (non-hydrogen) atoms. The van der Waals surface area contributed by atoms with Gasteiger partial charge < -0.3 is 10.2 Å². The van der Waals surface area contributed by atoms with Crippen molar-refractivity contribution >= 4 is 26.7 Å². The van der Waals surface area contributed by atoms with Gasteiger partial charge in [-0.25, -0.2) is 22.7 Å². The van der Waals surface area contributed by atoms with Crippen LogP contribution in [0.25, 0.3) is 10.9 Å². The summed E-state index contributed by atoms with van der Waals surface area (Å²) in [5.41, 5.74) is 4.50. The first kappa shape index (κ1) is 23.7. The van der Waals surface area contributed by atoms with Gasteiger partial charge in [0.2, 0.25) is 10.0 Å². The van der Waals surface area contributed by atoms with Gasteiger partial charge >= 0.3 is 0 Å². The molecule has 3 aromatic rings. The van der Waals surface area contributed by atoms with Gasteiger partial charge in [-0.3, -0.25) is 0 Å². The first-order valence-corrected chi connectivity index (χ1v) is 13.5. The Bertz CT molecular complexity index is 1410. The molecule has 9 heteroatoms. The minimum Gasteiger partial charge on any atom is -0.351 e. The maximum absolute atomic E-state index is 13.4. The van der Waals surface area contributed by atoms with Crippen LogP contribution >= 0.6 is 0 Å². The Hall–Kier alpha value is -3.06. The van der Waals surface area contributed by atoms with Crippen molar-refractivity contribution in [1.29, 1.82) is 5.26 Å². The summed E-state index contributed by atoms with van der Waals surface area (Å²) in [6.45, 7) is 5.69. The van der Waals surface area contributed by atoms with Gasteiger partial charge in [0.15, 0.2) is 0 Å². The van der Waals surface area contributed by atoms with Crippen molar-refractivity contribution in [2.24, 2.45) is 5.92 Å². The molecule has 0 amide bonds. The lowest BCUT2D eigenvalue weighted by Crippen LogP contribution is -2.37. The number of rotatable bonds is 5. The fourth-order valence-corrected chi connectivity index (χ4v) is 6.53. The van der Waals surface area contributed by atoms with Gasteiger partial charge in [0, 0.05) is 32.1 Å². The summed E-state index contributed by atoms with van der Waals surface area (Å²) in [5, 5.41) is 13.6. The van der Waals surface area contributed by atoms with E-state index in [1.54, 1.807) is 19.4 Å². The van der Waals surface area contributed by atoms with Crippen LogP contribution in [0, 0.1) is 24.2 Å². The van der Waals surface area contributed by atoms with Crippen molar-refractivity contribution in [3.8, 4) is 6.07 Å². The molecule has 3 heterocycles. The van der Waals surface area contributed by atoms with Crippen molar-refractivity contribution in [2.45, 2.75) is 37.6 Å². The molecule has 182 valence electrons. The Balaban J connectivity index is 1.43. The number of sulfonamides is 1. The first-order valence-electron chi connectivity index (χ1n) is 12.1. The third-order valence-electron chi connectivity index (χ3n) is 7.21. The summed E-state index contributed by atoms with van der Waals surface area (Å²) < 4.78 is 28.3. The van der Waals surface area contributed by atoms with E-state index in [4.69, 9.17) is 0 Å². The zero-order valence-electron chi connectivity index (χ0n) is 20.2. The Kier molecular flexibility index (Phi) is 6.45. The predicted octanol–water partition coefficient (Wildman–Crippen LogP) is 2.99. The van der Waals surface area contributed by atoms with Crippen LogP contribution in [0.4, 0.5) is 5.82 Å². The van der Waals surface area contributed by atoms with Gasteiger partial charge in [0.05, 0.1) is 22.0 Å².